The van der Waals surface area contributed by atoms with Crippen LogP contribution >= 0.6 is 11.8 Å². The molecular formula is C20H19F4N5O2S. The number of hydrogen-bond donors (Lipinski definition) is 1. The molecule has 12 heteroatoms. The van der Waals surface area contributed by atoms with Crippen LogP contribution in [-0.2, 0) is 18.4 Å². The second-order valence-corrected chi connectivity index (χ2v) is 8.02. The van der Waals surface area contributed by atoms with Gasteiger partial charge in [-0.15, -0.1) is 0 Å². The second-order valence-electron chi connectivity index (χ2n) is 7.06. The van der Waals surface area contributed by atoms with Crippen molar-refractivity contribution in [1.29, 1.82) is 0 Å². The van der Waals surface area contributed by atoms with Crippen LogP contribution in [0.3, 0.4) is 0 Å². The Kier molecular flexibility index (Phi) is 6.72. The van der Waals surface area contributed by atoms with Crippen LogP contribution in [0.4, 0.5) is 17.6 Å². The Balaban J connectivity index is 1.90. The molecule has 0 aliphatic rings. The van der Waals surface area contributed by atoms with Crippen LogP contribution in [0.5, 0.6) is 0 Å². The number of halogens is 4. The molecule has 1 amide bonds. The van der Waals surface area contributed by atoms with Gasteiger partial charge in [-0.1, -0.05) is 11.8 Å². The highest BCUT2D eigenvalue weighted by atomic mass is 32.2. The number of rotatable bonds is 7. The molecule has 0 fully saturated rings. The minimum Gasteiger partial charge on any atom is -0.336 e. The largest absolute Gasteiger partial charge is 0.450 e. The summed E-state index contributed by atoms with van der Waals surface area (Å²) in [6, 6.07) is 5.17. The lowest BCUT2D eigenvalue weighted by atomic mass is 10.1. The van der Waals surface area contributed by atoms with Crippen LogP contribution in [0.15, 0.2) is 35.6 Å². The van der Waals surface area contributed by atoms with Crippen LogP contribution in [0.1, 0.15) is 21.7 Å². The van der Waals surface area contributed by atoms with E-state index in [9.17, 15) is 27.2 Å². The van der Waals surface area contributed by atoms with Gasteiger partial charge in [-0.3, -0.25) is 14.3 Å². The van der Waals surface area contributed by atoms with Crippen molar-refractivity contribution in [2.75, 3.05) is 12.8 Å². The molecule has 0 bridgehead atoms. The Hall–Kier alpha value is -3.15. The van der Waals surface area contributed by atoms with Gasteiger partial charge in [-0.25, -0.2) is 9.37 Å². The topological polar surface area (TPSA) is 83.9 Å². The van der Waals surface area contributed by atoms with Gasteiger partial charge in [-0.05, 0) is 31.2 Å². The predicted molar refractivity (Wildman–Crippen MR) is 110 cm³/mol. The monoisotopic (exact) mass is 469 g/mol. The molecule has 0 saturated heterocycles. The van der Waals surface area contributed by atoms with E-state index in [2.05, 4.69) is 15.1 Å². The molecule has 0 aliphatic heterocycles. The number of thioether (sulfide) groups is 1. The number of aromatic amines is 1. The van der Waals surface area contributed by atoms with E-state index >= 15 is 0 Å². The average Bonchev–Trinajstić information content (AvgIpc) is 3.28. The molecule has 170 valence electrons. The van der Waals surface area contributed by atoms with Gasteiger partial charge in [0.15, 0.2) is 5.16 Å². The van der Waals surface area contributed by atoms with E-state index in [4.69, 9.17) is 0 Å². The van der Waals surface area contributed by atoms with Gasteiger partial charge in [0.05, 0.1) is 11.4 Å². The fourth-order valence-corrected chi connectivity index (χ4v) is 3.69. The predicted octanol–water partition coefficient (Wildman–Crippen LogP) is 3.75. The molecule has 32 heavy (non-hydrogen) atoms. The van der Waals surface area contributed by atoms with Gasteiger partial charge in [0.1, 0.15) is 17.2 Å². The fraction of sp³-hybridized carbons (Fsp3) is 0.300. The summed E-state index contributed by atoms with van der Waals surface area (Å²) < 4.78 is 52.5. The third-order valence-electron chi connectivity index (χ3n) is 4.54. The van der Waals surface area contributed by atoms with Gasteiger partial charge in [-0.2, -0.15) is 18.3 Å². The zero-order chi connectivity index (χ0) is 23.6. The highest BCUT2D eigenvalue weighted by Crippen LogP contribution is 2.28. The lowest BCUT2D eigenvalue weighted by Crippen LogP contribution is -2.27. The van der Waals surface area contributed by atoms with E-state index in [-0.39, 0.29) is 23.1 Å². The van der Waals surface area contributed by atoms with Gasteiger partial charge < -0.3 is 9.88 Å². The number of benzene rings is 1. The molecule has 0 spiro atoms. The van der Waals surface area contributed by atoms with Crippen LogP contribution < -0.4 is 0 Å². The van der Waals surface area contributed by atoms with Crippen molar-refractivity contribution in [1.82, 2.24) is 24.6 Å². The summed E-state index contributed by atoms with van der Waals surface area (Å²) in [5.41, 5.74) is 2.12. The first-order valence-corrected chi connectivity index (χ1v) is 10.3. The number of H-pyrrole nitrogens is 1. The van der Waals surface area contributed by atoms with Crippen LogP contribution in [0, 0.1) is 12.7 Å². The Bertz CT molecular complexity index is 1140. The maximum Gasteiger partial charge on any atom is 0.450 e. The van der Waals surface area contributed by atoms with Crippen molar-refractivity contribution in [3.05, 3.63) is 53.2 Å². The van der Waals surface area contributed by atoms with Gasteiger partial charge in [0, 0.05) is 38.0 Å². The number of ketones is 1. The summed E-state index contributed by atoms with van der Waals surface area (Å²) in [5.74, 6) is -3.78. The van der Waals surface area contributed by atoms with Crippen LogP contribution in [0.25, 0.3) is 11.3 Å². The summed E-state index contributed by atoms with van der Waals surface area (Å²) in [4.78, 5) is 32.7. The number of carbonyl (C=O) groups excluding carboxylic acids is 2. The van der Waals surface area contributed by atoms with Gasteiger partial charge >= 0.3 is 6.18 Å². The SMILES string of the molecule is Cc1nn(C)cc1CN(C)C(=O)c1[nH]c(SCC(=O)C(F)(F)F)nc1-c1ccc(F)cc1. The first-order chi connectivity index (χ1) is 15.0. The van der Waals surface area contributed by atoms with Crippen molar-refractivity contribution in [3.63, 3.8) is 0 Å². The first kappa shape index (κ1) is 23.5. The standard InChI is InChI=1S/C20H19F4N5O2S/c1-11-13(9-29(3)27-11)8-28(2)18(31)17-16(12-4-6-14(21)7-5-12)25-19(26-17)32-10-15(30)20(22,23)24/h4-7,9H,8,10H2,1-3H3,(H,25,26). The highest BCUT2D eigenvalue weighted by Gasteiger charge is 2.38. The summed E-state index contributed by atoms with van der Waals surface area (Å²) in [7, 11) is 3.32. The Morgan fingerprint density at radius 3 is 2.44 bits per heavy atom. The molecule has 0 atom stereocenters. The van der Waals surface area contributed by atoms with Gasteiger partial charge in [0.2, 0.25) is 5.78 Å². The minimum atomic E-state index is -4.96. The quantitative estimate of drug-likeness (QED) is 0.421. The molecule has 0 unspecified atom stereocenters. The third kappa shape index (κ3) is 5.36. The smallest absolute Gasteiger partial charge is 0.336 e. The van der Waals surface area contributed by atoms with E-state index in [1.54, 1.807) is 31.9 Å². The maximum atomic E-state index is 13.3. The number of aromatic nitrogens is 4. The number of amides is 1. The number of nitrogens with zero attached hydrogens (tertiary/aromatic N) is 4. The van der Waals surface area contributed by atoms with Crippen molar-refractivity contribution >= 4 is 23.5 Å². The lowest BCUT2D eigenvalue weighted by molar-refractivity contribution is -0.167. The Labute approximate surface area is 184 Å². The summed E-state index contributed by atoms with van der Waals surface area (Å²) in [6.07, 6.45) is -3.18. The van der Waals surface area contributed by atoms with E-state index in [0.717, 1.165) is 11.3 Å². The summed E-state index contributed by atoms with van der Waals surface area (Å²) >= 11 is 0.533. The zero-order valence-corrected chi connectivity index (χ0v) is 18.1. The molecule has 2 aromatic heterocycles. The molecule has 1 N–H and O–H groups in total. The van der Waals surface area contributed by atoms with E-state index in [0.29, 0.717) is 17.3 Å². The lowest BCUT2D eigenvalue weighted by Gasteiger charge is -2.16. The van der Waals surface area contributed by atoms with Crippen LogP contribution in [-0.4, -0.2) is 55.3 Å². The van der Waals surface area contributed by atoms with E-state index in [1.165, 1.54) is 29.2 Å². The second kappa shape index (κ2) is 9.15. The maximum absolute atomic E-state index is 13.3. The average molecular weight is 469 g/mol. The number of alkyl halides is 3. The normalized spacial score (nSPS) is 11.6. The fourth-order valence-electron chi connectivity index (χ4n) is 2.93. The van der Waals surface area contributed by atoms with E-state index < -0.39 is 29.4 Å². The molecule has 0 saturated carbocycles. The number of imidazole rings is 1. The van der Waals surface area contributed by atoms with Crippen molar-refractivity contribution in [2.24, 2.45) is 7.05 Å². The van der Waals surface area contributed by atoms with Crippen molar-refractivity contribution in [3.8, 4) is 11.3 Å². The van der Waals surface area contributed by atoms with Crippen molar-refractivity contribution in [2.45, 2.75) is 24.8 Å². The molecular weight excluding hydrogens is 450 g/mol. The summed E-state index contributed by atoms with van der Waals surface area (Å²) in [6.45, 7) is 2.04. The molecule has 0 radical (unpaired) electrons. The van der Waals surface area contributed by atoms with Crippen LogP contribution in [0.2, 0.25) is 0 Å². The molecule has 3 aromatic rings. The number of Topliss-reactive ketones (excluding diaryl/α,β-unsaturated/α-hetero) is 1. The highest BCUT2D eigenvalue weighted by molar-refractivity contribution is 7.99. The Morgan fingerprint density at radius 1 is 1.22 bits per heavy atom. The zero-order valence-electron chi connectivity index (χ0n) is 17.3. The molecule has 2 heterocycles. The molecule has 1 aromatic carbocycles. The van der Waals surface area contributed by atoms with Gasteiger partial charge in [0.25, 0.3) is 5.91 Å². The van der Waals surface area contributed by atoms with Crippen molar-refractivity contribution < 1.29 is 27.2 Å². The molecule has 0 aliphatic carbocycles. The molecule has 7 nitrogen and oxygen atoms in total. The number of carbonyl (C=O) groups is 2. The number of aryl methyl sites for hydroxylation is 2. The molecule has 3 rings (SSSR count). The number of nitrogens with one attached hydrogen (secondary N) is 1. The minimum absolute atomic E-state index is 0.0163. The number of hydrogen-bond acceptors (Lipinski definition) is 5. The van der Waals surface area contributed by atoms with E-state index in [1.807, 2.05) is 0 Å². The summed E-state index contributed by atoms with van der Waals surface area (Å²) in [5, 5.41) is 4.20. The Morgan fingerprint density at radius 2 is 1.88 bits per heavy atom. The first-order valence-electron chi connectivity index (χ1n) is 9.29. The third-order valence-corrected chi connectivity index (χ3v) is 5.41.